The van der Waals surface area contributed by atoms with E-state index >= 15 is 0 Å². The van der Waals surface area contributed by atoms with E-state index in [2.05, 4.69) is 54.1 Å². The fraction of sp³-hybridized carbons (Fsp3) is 0.200. The van der Waals surface area contributed by atoms with E-state index in [0.29, 0.717) is 51.8 Å². The number of hydrogen-bond donors (Lipinski definition) is 3. The number of hydrogen-bond acceptors (Lipinski definition) is 4. The number of carbonyl (C=O) groups is 2. The van der Waals surface area contributed by atoms with Crippen molar-refractivity contribution in [2.24, 2.45) is 11.8 Å². The molecule has 2 amide bonds. The lowest BCUT2D eigenvalue weighted by molar-refractivity contribution is 0.0945. The van der Waals surface area contributed by atoms with Gasteiger partial charge in [-0.25, -0.2) is 4.39 Å². The molecule has 1 aliphatic heterocycles. The van der Waals surface area contributed by atoms with E-state index in [1.807, 2.05) is 42.6 Å². The summed E-state index contributed by atoms with van der Waals surface area (Å²) in [6.45, 7) is 4.69. The molecule has 0 fully saturated rings. The molecule has 0 bridgehead atoms. The second-order valence-electron chi connectivity index (χ2n) is 11.1. The van der Waals surface area contributed by atoms with E-state index < -0.39 is 0 Å². The SMILES string of the molecule is CNC(=O)c1c(-c2ccc(F)cc2)oc2ccc(-c3ccc(C4=CC5NC=CC5C=C4)c(C(=O)NCC(C)C)c3)cc12. The van der Waals surface area contributed by atoms with E-state index in [1.165, 1.54) is 12.1 Å². The van der Waals surface area contributed by atoms with Crippen LogP contribution >= 0.6 is 0 Å². The molecule has 3 aromatic carbocycles. The van der Waals surface area contributed by atoms with Crippen molar-refractivity contribution in [3.05, 3.63) is 114 Å². The summed E-state index contributed by atoms with van der Waals surface area (Å²) in [5.41, 5.74) is 5.61. The molecular weight excluding hydrogens is 529 g/mol. The number of allylic oxidation sites excluding steroid dienone is 2. The monoisotopic (exact) mass is 561 g/mol. The van der Waals surface area contributed by atoms with E-state index in [0.717, 1.165) is 22.3 Å². The van der Waals surface area contributed by atoms with Crippen LogP contribution in [-0.2, 0) is 0 Å². The van der Waals surface area contributed by atoms with Gasteiger partial charge in [0.25, 0.3) is 11.8 Å². The van der Waals surface area contributed by atoms with Crippen LogP contribution < -0.4 is 16.0 Å². The summed E-state index contributed by atoms with van der Waals surface area (Å²) < 4.78 is 19.7. The van der Waals surface area contributed by atoms with Gasteiger partial charge in [-0.1, -0.05) is 56.4 Å². The minimum atomic E-state index is -0.370. The molecule has 2 heterocycles. The second kappa shape index (κ2) is 11.2. The third kappa shape index (κ3) is 5.14. The molecule has 0 saturated carbocycles. The Morgan fingerprint density at radius 2 is 1.69 bits per heavy atom. The van der Waals surface area contributed by atoms with Crippen LogP contribution in [-0.4, -0.2) is 31.4 Å². The predicted molar refractivity (Wildman–Crippen MR) is 164 cm³/mol. The Balaban J connectivity index is 1.45. The highest BCUT2D eigenvalue weighted by molar-refractivity contribution is 6.12. The van der Waals surface area contributed by atoms with Gasteiger partial charge in [-0.15, -0.1) is 0 Å². The van der Waals surface area contributed by atoms with Crippen LogP contribution in [0, 0.1) is 17.7 Å². The van der Waals surface area contributed by atoms with Gasteiger partial charge in [-0.2, -0.15) is 0 Å². The van der Waals surface area contributed by atoms with E-state index in [9.17, 15) is 14.0 Å². The fourth-order valence-electron chi connectivity index (χ4n) is 5.48. The molecule has 1 aromatic heterocycles. The first-order valence-electron chi connectivity index (χ1n) is 14.1. The minimum absolute atomic E-state index is 0.136. The molecule has 2 unspecified atom stereocenters. The standard InChI is InChI=1S/C35H32FN3O3/c1-20(2)19-39-34(40)28-16-23(8-12-27(28)25-5-4-21-14-15-38-30(21)18-25)24-9-13-31-29(17-24)32(35(41)37-3)33(42-31)22-6-10-26(36)11-7-22/h4-18,20-21,30,38H,19H2,1-3H3,(H,37,41)(H,39,40). The normalized spacial score (nSPS) is 17.2. The van der Waals surface area contributed by atoms with E-state index in [4.69, 9.17) is 4.42 Å². The van der Waals surface area contributed by atoms with Gasteiger partial charge in [0, 0.05) is 36.0 Å². The molecule has 3 N–H and O–H groups in total. The predicted octanol–water partition coefficient (Wildman–Crippen LogP) is 6.71. The topological polar surface area (TPSA) is 83.4 Å². The van der Waals surface area contributed by atoms with Gasteiger partial charge in [-0.3, -0.25) is 9.59 Å². The lowest BCUT2D eigenvalue weighted by atomic mass is 9.87. The van der Waals surface area contributed by atoms with Crippen LogP contribution in [0.25, 0.3) is 39.0 Å². The smallest absolute Gasteiger partial charge is 0.255 e. The number of carbonyl (C=O) groups excluding carboxylic acids is 2. The Labute approximate surface area is 244 Å². The number of nitrogens with one attached hydrogen (secondary N) is 3. The number of fused-ring (bicyclic) bond motifs is 2. The molecule has 4 aromatic rings. The number of amides is 2. The van der Waals surface area contributed by atoms with E-state index in [1.54, 1.807) is 19.2 Å². The average Bonchev–Trinajstić information content (AvgIpc) is 3.63. The van der Waals surface area contributed by atoms with Crippen LogP contribution in [0.3, 0.4) is 0 Å². The Kier molecular flexibility index (Phi) is 7.25. The quantitative estimate of drug-likeness (QED) is 0.234. The molecular formula is C35H32FN3O3. The van der Waals surface area contributed by atoms with Crippen LogP contribution in [0.15, 0.2) is 95.6 Å². The summed E-state index contributed by atoms with van der Waals surface area (Å²) in [5, 5.41) is 9.77. The van der Waals surface area contributed by atoms with Crippen LogP contribution in [0.2, 0.25) is 0 Å². The Morgan fingerprint density at radius 3 is 2.45 bits per heavy atom. The van der Waals surface area contributed by atoms with Gasteiger partial charge in [0.05, 0.1) is 11.6 Å². The van der Waals surface area contributed by atoms with Crippen molar-refractivity contribution in [2.45, 2.75) is 19.9 Å². The number of benzene rings is 3. The zero-order valence-corrected chi connectivity index (χ0v) is 23.7. The molecule has 2 atom stereocenters. The van der Waals surface area contributed by atoms with Gasteiger partial charge in [-0.05, 0) is 76.8 Å². The fourth-order valence-corrected chi connectivity index (χ4v) is 5.48. The number of rotatable bonds is 7. The molecule has 0 radical (unpaired) electrons. The maximum atomic E-state index is 13.6. The Morgan fingerprint density at radius 1 is 0.952 bits per heavy atom. The molecule has 212 valence electrons. The molecule has 42 heavy (non-hydrogen) atoms. The zero-order chi connectivity index (χ0) is 29.4. The highest BCUT2D eigenvalue weighted by atomic mass is 19.1. The lowest BCUT2D eigenvalue weighted by Crippen LogP contribution is -2.29. The highest BCUT2D eigenvalue weighted by Gasteiger charge is 2.25. The highest BCUT2D eigenvalue weighted by Crippen LogP contribution is 2.37. The summed E-state index contributed by atoms with van der Waals surface area (Å²) in [7, 11) is 1.56. The molecule has 0 saturated heterocycles. The maximum Gasteiger partial charge on any atom is 0.255 e. The van der Waals surface area contributed by atoms with Crippen molar-refractivity contribution < 1.29 is 18.4 Å². The average molecular weight is 562 g/mol. The van der Waals surface area contributed by atoms with Crippen molar-refractivity contribution >= 4 is 28.4 Å². The van der Waals surface area contributed by atoms with Crippen molar-refractivity contribution in [1.29, 1.82) is 0 Å². The third-order valence-corrected chi connectivity index (χ3v) is 7.71. The zero-order valence-electron chi connectivity index (χ0n) is 23.7. The van der Waals surface area contributed by atoms with Gasteiger partial charge in [0.15, 0.2) is 0 Å². The van der Waals surface area contributed by atoms with Crippen LogP contribution in [0.5, 0.6) is 0 Å². The van der Waals surface area contributed by atoms with Crippen molar-refractivity contribution in [3.63, 3.8) is 0 Å². The number of halogens is 1. The van der Waals surface area contributed by atoms with Crippen molar-refractivity contribution in [1.82, 2.24) is 16.0 Å². The summed E-state index contributed by atoms with van der Waals surface area (Å²) in [4.78, 5) is 26.6. The first-order chi connectivity index (χ1) is 20.3. The second-order valence-corrected chi connectivity index (χ2v) is 11.1. The summed E-state index contributed by atoms with van der Waals surface area (Å²) >= 11 is 0. The molecule has 1 aliphatic carbocycles. The van der Waals surface area contributed by atoms with E-state index in [-0.39, 0.29) is 23.7 Å². The molecule has 6 rings (SSSR count). The summed E-state index contributed by atoms with van der Waals surface area (Å²) in [5.74, 6) is 0.177. The maximum absolute atomic E-state index is 13.6. The van der Waals surface area contributed by atoms with Crippen molar-refractivity contribution in [2.75, 3.05) is 13.6 Å². The Bertz CT molecular complexity index is 1780. The van der Waals surface area contributed by atoms with Gasteiger partial charge >= 0.3 is 0 Å². The summed E-state index contributed by atoms with van der Waals surface area (Å²) in [6, 6.07) is 17.6. The first-order valence-corrected chi connectivity index (χ1v) is 14.1. The van der Waals surface area contributed by atoms with Crippen molar-refractivity contribution in [3.8, 4) is 22.5 Å². The molecule has 0 spiro atoms. The van der Waals surface area contributed by atoms with Crippen LogP contribution in [0.1, 0.15) is 40.1 Å². The lowest BCUT2D eigenvalue weighted by Gasteiger charge is -2.21. The number of furan rings is 1. The molecule has 2 aliphatic rings. The summed E-state index contributed by atoms with van der Waals surface area (Å²) in [6.07, 6.45) is 10.5. The van der Waals surface area contributed by atoms with Gasteiger partial charge < -0.3 is 20.4 Å². The van der Waals surface area contributed by atoms with Crippen LogP contribution in [0.4, 0.5) is 4.39 Å². The largest absolute Gasteiger partial charge is 0.455 e. The van der Waals surface area contributed by atoms with Gasteiger partial charge in [0.1, 0.15) is 17.2 Å². The molecule has 7 heteroatoms. The molecule has 6 nitrogen and oxygen atoms in total. The minimum Gasteiger partial charge on any atom is -0.455 e. The Hall–Kier alpha value is -4.91. The first kappa shape index (κ1) is 27.3. The van der Waals surface area contributed by atoms with Gasteiger partial charge in [0.2, 0.25) is 0 Å². The third-order valence-electron chi connectivity index (χ3n) is 7.71.